The van der Waals surface area contributed by atoms with Crippen LogP contribution in [-0.2, 0) is 11.3 Å². The molecular weight excluding hydrogens is 328 g/mol. The summed E-state index contributed by atoms with van der Waals surface area (Å²) in [6.07, 6.45) is 0. The second kappa shape index (κ2) is 6.33. The highest BCUT2D eigenvalue weighted by atomic mass is 35.5. The summed E-state index contributed by atoms with van der Waals surface area (Å²) in [5.41, 5.74) is 2.42. The van der Waals surface area contributed by atoms with E-state index in [1.165, 1.54) is 0 Å². The van der Waals surface area contributed by atoms with Gasteiger partial charge < -0.3 is 9.64 Å². The number of hydrogen-bond donors (Lipinski definition) is 0. The Balaban J connectivity index is 1.76. The van der Waals surface area contributed by atoms with Gasteiger partial charge in [-0.2, -0.15) is 0 Å². The third kappa shape index (κ3) is 2.81. The normalized spacial score (nSPS) is 15.2. The maximum atomic E-state index is 6.26. The zero-order chi connectivity index (χ0) is 16.5. The average Bonchev–Trinajstić information content (AvgIpc) is 3.00. The largest absolute Gasteiger partial charge is 0.378 e. The lowest BCUT2D eigenvalue weighted by Crippen LogP contribution is -2.37. The number of hydrogen-bond acceptors (Lipinski definition) is 6. The molecule has 2 aromatic heterocycles. The molecule has 1 saturated heterocycles. The van der Waals surface area contributed by atoms with Crippen LogP contribution in [0.25, 0.3) is 11.2 Å². The molecule has 1 fully saturated rings. The number of rotatable bonds is 3. The molecule has 0 amide bonds. The molecule has 7 nitrogen and oxygen atoms in total. The topological polar surface area (TPSA) is 69.0 Å². The molecule has 0 N–H and O–H groups in total. The second-order valence-corrected chi connectivity index (χ2v) is 6.11. The van der Waals surface area contributed by atoms with Crippen LogP contribution in [0.3, 0.4) is 0 Å². The minimum Gasteiger partial charge on any atom is -0.378 e. The van der Waals surface area contributed by atoms with Gasteiger partial charge in [0.05, 0.1) is 19.8 Å². The first-order chi connectivity index (χ1) is 11.7. The zero-order valence-corrected chi connectivity index (χ0v) is 14.1. The summed E-state index contributed by atoms with van der Waals surface area (Å²) < 4.78 is 7.19. The number of anilines is 1. The van der Waals surface area contributed by atoms with Crippen LogP contribution >= 0.6 is 11.6 Å². The summed E-state index contributed by atoms with van der Waals surface area (Å²) in [5, 5.41) is 9.31. The monoisotopic (exact) mass is 344 g/mol. The molecule has 0 saturated carbocycles. The number of aromatic nitrogens is 5. The Morgan fingerprint density at radius 2 is 1.96 bits per heavy atom. The number of halogens is 1. The predicted molar refractivity (Wildman–Crippen MR) is 91.4 cm³/mol. The molecule has 0 spiro atoms. The summed E-state index contributed by atoms with van der Waals surface area (Å²) in [6.45, 7) is 5.38. The molecule has 0 aliphatic carbocycles. The number of nitrogens with zero attached hydrogens (tertiary/aromatic N) is 6. The van der Waals surface area contributed by atoms with E-state index >= 15 is 0 Å². The zero-order valence-electron chi connectivity index (χ0n) is 13.3. The van der Waals surface area contributed by atoms with Crippen LogP contribution in [-0.4, -0.2) is 51.3 Å². The maximum Gasteiger partial charge on any atom is 0.184 e. The first-order valence-corrected chi connectivity index (χ1v) is 8.24. The highest BCUT2D eigenvalue weighted by molar-refractivity contribution is 6.31. The minimum atomic E-state index is 0.523. The standard InChI is InChI=1S/C16H17ClN6O/c1-11-18-15(22-6-8-24-9-7-22)14-16(19-11)23(21-20-14)10-12-4-2-3-5-13(12)17/h2-5H,6-10H2,1H3. The molecule has 3 aromatic rings. The number of ether oxygens (including phenoxy) is 1. The molecule has 1 aliphatic heterocycles. The van der Waals surface area contributed by atoms with Gasteiger partial charge in [-0.05, 0) is 18.6 Å². The Morgan fingerprint density at radius 1 is 1.17 bits per heavy atom. The quantitative estimate of drug-likeness (QED) is 0.724. The van der Waals surface area contributed by atoms with E-state index < -0.39 is 0 Å². The summed E-state index contributed by atoms with van der Waals surface area (Å²) in [7, 11) is 0. The molecule has 1 aromatic carbocycles. The van der Waals surface area contributed by atoms with Crippen molar-refractivity contribution >= 4 is 28.6 Å². The van der Waals surface area contributed by atoms with Gasteiger partial charge in [0.1, 0.15) is 5.82 Å². The molecule has 24 heavy (non-hydrogen) atoms. The summed E-state index contributed by atoms with van der Waals surface area (Å²) in [4.78, 5) is 11.3. The number of benzene rings is 1. The van der Waals surface area contributed by atoms with E-state index in [1.54, 1.807) is 4.68 Å². The van der Waals surface area contributed by atoms with Crippen molar-refractivity contribution in [2.24, 2.45) is 0 Å². The van der Waals surface area contributed by atoms with Gasteiger partial charge in [-0.3, -0.25) is 0 Å². The van der Waals surface area contributed by atoms with Gasteiger partial charge in [0.15, 0.2) is 17.0 Å². The Bertz CT molecular complexity index is 874. The van der Waals surface area contributed by atoms with Crippen LogP contribution in [0, 0.1) is 6.92 Å². The molecule has 3 heterocycles. The van der Waals surface area contributed by atoms with Crippen LogP contribution in [0.5, 0.6) is 0 Å². The molecule has 0 radical (unpaired) electrons. The molecule has 0 atom stereocenters. The van der Waals surface area contributed by atoms with Crippen molar-refractivity contribution in [1.29, 1.82) is 0 Å². The van der Waals surface area contributed by atoms with Crippen LogP contribution in [0.1, 0.15) is 11.4 Å². The lowest BCUT2D eigenvalue weighted by molar-refractivity contribution is 0.122. The second-order valence-electron chi connectivity index (χ2n) is 5.70. The Kier molecular flexibility index (Phi) is 4.03. The Hall–Kier alpha value is -2.25. The Labute approximate surface area is 144 Å². The fraction of sp³-hybridized carbons (Fsp3) is 0.375. The van der Waals surface area contributed by atoms with Gasteiger partial charge in [0, 0.05) is 18.1 Å². The molecule has 0 unspecified atom stereocenters. The number of morpholine rings is 1. The fourth-order valence-electron chi connectivity index (χ4n) is 2.84. The number of aryl methyl sites for hydroxylation is 1. The van der Waals surface area contributed by atoms with Gasteiger partial charge >= 0.3 is 0 Å². The van der Waals surface area contributed by atoms with Crippen molar-refractivity contribution < 1.29 is 4.74 Å². The lowest BCUT2D eigenvalue weighted by Gasteiger charge is -2.27. The van der Waals surface area contributed by atoms with Gasteiger partial charge in [-0.25, -0.2) is 14.6 Å². The molecule has 1 aliphatic rings. The summed E-state index contributed by atoms with van der Waals surface area (Å²) in [6, 6.07) is 7.72. The smallest absolute Gasteiger partial charge is 0.184 e. The first kappa shape index (κ1) is 15.3. The van der Waals surface area contributed by atoms with E-state index in [2.05, 4.69) is 25.2 Å². The van der Waals surface area contributed by atoms with E-state index in [0.717, 1.165) is 35.6 Å². The highest BCUT2D eigenvalue weighted by Crippen LogP contribution is 2.24. The minimum absolute atomic E-state index is 0.523. The molecular formula is C16H17ClN6O. The first-order valence-electron chi connectivity index (χ1n) is 7.86. The van der Waals surface area contributed by atoms with Gasteiger partial charge in [0.25, 0.3) is 0 Å². The van der Waals surface area contributed by atoms with Crippen molar-refractivity contribution in [3.05, 3.63) is 40.7 Å². The molecule has 124 valence electrons. The Morgan fingerprint density at radius 3 is 2.75 bits per heavy atom. The van der Waals surface area contributed by atoms with E-state index in [0.29, 0.717) is 30.6 Å². The van der Waals surface area contributed by atoms with E-state index in [9.17, 15) is 0 Å². The van der Waals surface area contributed by atoms with Crippen LogP contribution < -0.4 is 4.90 Å². The fourth-order valence-corrected chi connectivity index (χ4v) is 3.03. The lowest BCUT2D eigenvalue weighted by atomic mass is 10.2. The maximum absolute atomic E-state index is 6.26. The van der Waals surface area contributed by atoms with Crippen molar-refractivity contribution in [3.63, 3.8) is 0 Å². The molecule has 8 heteroatoms. The SMILES string of the molecule is Cc1nc(N2CCOCC2)c2nnn(Cc3ccccc3Cl)c2n1. The average molecular weight is 345 g/mol. The third-order valence-corrected chi connectivity index (χ3v) is 4.41. The van der Waals surface area contributed by atoms with Crippen LogP contribution in [0.2, 0.25) is 5.02 Å². The van der Waals surface area contributed by atoms with Crippen molar-refractivity contribution in [2.75, 3.05) is 31.2 Å². The van der Waals surface area contributed by atoms with Gasteiger partial charge in [-0.1, -0.05) is 35.0 Å². The van der Waals surface area contributed by atoms with Crippen LogP contribution in [0.4, 0.5) is 5.82 Å². The summed E-state index contributed by atoms with van der Waals surface area (Å²) in [5.74, 6) is 1.53. The van der Waals surface area contributed by atoms with E-state index in [-0.39, 0.29) is 0 Å². The summed E-state index contributed by atoms with van der Waals surface area (Å²) >= 11 is 6.26. The molecule has 4 rings (SSSR count). The third-order valence-electron chi connectivity index (χ3n) is 4.04. The van der Waals surface area contributed by atoms with Crippen molar-refractivity contribution in [3.8, 4) is 0 Å². The van der Waals surface area contributed by atoms with E-state index in [4.69, 9.17) is 16.3 Å². The molecule has 0 bridgehead atoms. The number of fused-ring (bicyclic) bond motifs is 1. The predicted octanol–water partition coefficient (Wildman–Crippen LogP) is 2.07. The van der Waals surface area contributed by atoms with Crippen molar-refractivity contribution in [2.45, 2.75) is 13.5 Å². The van der Waals surface area contributed by atoms with Gasteiger partial charge in [-0.15, -0.1) is 5.10 Å². The van der Waals surface area contributed by atoms with E-state index in [1.807, 2.05) is 31.2 Å². The van der Waals surface area contributed by atoms with Gasteiger partial charge in [0.2, 0.25) is 0 Å². The van der Waals surface area contributed by atoms with Crippen LogP contribution in [0.15, 0.2) is 24.3 Å². The van der Waals surface area contributed by atoms with Crippen molar-refractivity contribution in [1.82, 2.24) is 25.0 Å². The highest BCUT2D eigenvalue weighted by Gasteiger charge is 2.20.